The number of carbonyl (C=O) groups excluding carboxylic acids is 1. The van der Waals surface area contributed by atoms with E-state index in [1.165, 1.54) is 30.1 Å². The standard InChI is InChI=1S/C21H17FN6O2/c1-10-25-15-4-3-12(7-17(15)26-10)28-21(23)13(9-24-28)20(29)18-5-11-6-19(30-2)14(22)8-16(11)27-18/h3-9,27H,23H2,1-2H3,(H,25,26). The monoisotopic (exact) mass is 404 g/mol. The third-order valence-electron chi connectivity index (χ3n) is 5.02. The third kappa shape index (κ3) is 2.71. The molecule has 0 aliphatic carbocycles. The lowest BCUT2D eigenvalue weighted by molar-refractivity contribution is 0.103. The Morgan fingerprint density at radius 1 is 1.17 bits per heavy atom. The Bertz CT molecular complexity index is 1450. The number of anilines is 1. The van der Waals surface area contributed by atoms with Crippen molar-refractivity contribution in [1.82, 2.24) is 24.7 Å². The number of nitrogens with one attached hydrogen (secondary N) is 2. The van der Waals surface area contributed by atoms with Crippen molar-refractivity contribution in [2.75, 3.05) is 12.8 Å². The van der Waals surface area contributed by atoms with Gasteiger partial charge in [-0.2, -0.15) is 5.10 Å². The Kier molecular flexibility index (Phi) is 3.85. The van der Waals surface area contributed by atoms with Gasteiger partial charge in [-0.1, -0.05) is 0 Å². The summed E-state index contributed by atoms with van der Waals surface area (Å²) in [4.78, 5) is 23.5. The van der Waals surface area contributed by atoms with Crippen LogP contribution in [0, 0.1) is 12.7 Å². The first-order valence-electron chi connectivity index (χ1n) is 9.16. The summed E-state index contributed by atoms with van der Waals surface area (Å²) in [5.74, 6) is 0.268. The van der Waals surface area contributed by atoms with E-state index >= 15 is 0 Å². The number of halogens is 1. The van der Waals surface area contributed by atoms with Crippen LogP contribution in [-0.4, -0.2) is 37.6 Å². The van der Waals surface area contributed by atoms with Crippen molar-refractivity contribution < 1.29 is 13.9 Å². The van der Waals surface area contributed by atoms with Gasteiger partial charge in [0, 0.05) is 17.0 Å². The number of hydrogen-bond acceptors (Lipinski definition) is 5. The van der Waals surface area contributed by atoms with Crippen molar-refractivity contribution in [1.29, 1.82) is 0 Å². The molecule has 0 unspecified atom stereocenters. The van der Waals surface area contributed by atoms with Crippen molar-refractivity contribution in [3.8, 4) is 11.4 Å². The minimum atomic E-state index is -0.511. The van der Waals surface area contributed by atoms with Gasteiger partial charge in [0.1, 0.15) is 11.6 Å². The number of nitrogens with zero attached hydrogens (tertiary/aromatic N) is 3. The number of aromatic amines is 2. The van der Waals surface area contributed by atoms with E-state index in [2.05, 4.69) is 20.1 Å². The summed E-state index contributed by atoms with van der Waals surface area (Å²) < 4.78 is 20.4. The highest BCUT2D eigenvalue weighted by Crippen LogP contribution is 2.27. The summed E-state index contributed by atoms with van der Waals surface area (Å²) in [5.41, 5.74) is 9.64. The summed E-state index contributed by atoms with van der Waals surface area (Å²) in [5, 5.41) is 4.94. The van der Waals surface area contributed by atoms with Gasteiger partial charge in [-0.25, -0.2) is 14.1 Å². The summed E-state index contributed by atoms with van der Waals surface area (Å²) >= 11 is 0. The molecule has 0 aliphatic heterocycles. The van der Waals surface area contributed by atoms with Gasteiger partial charge in [-0.05, 0) is 37.3 Å². The van der Waals surface area contributed by atoms with Crippen molar-refractivity contribution in [3.05, 3.63) is 65.5 Å². The van der Waals surface area contributed by atoms with Crippen LogP contribution in [0.3, 0.4) is 0 Å². The Morgan fingerprint density at radius 3 is 2.80 bits per heavy atom. The number of aromatic nitrogens is 5. The summed E-state index contributed by atoms with van der Waals surface area (Å²) in [6, 6.07) is 10.0. The number of nitrogen functional groups attached to an aromatic ring is 1. The molecule has 0 saturated heterocycles. The van der Waals surface area contributed by atoms with E-state index in [0.29, 0.717) is 16.6 Å². The van der Waals surface area contributed by atoms with Crippen LogP contribution in [0.1, 0.15) is 21.9 Å². The zero-order chi connectivity index (χ0) is 21.0. The fourth-order valence-electron chi connectivity index (χ4n) is 3.55. The molecule has 0 amide bonds. The number of fused-ring (bicyclic) bond motifs is 2. The fourth-order valence-corrected chi connectivity index (χ4v) is 3.55. The Labute approximate surface area is 169 Å². The Hall–Kier alpha value is -4.14. The van der Waals surface area contributed by atoms with Crippen LogP contribution in [0.25, 0.3) is 27.6 Å². The molecule has 30 heavy (non-hydrogen) atoms. The van der Waals surface area contributed by atoms with Gasteiger partial charge < -0.3 is 20.4 Å². The molecule has 0 atom stereocenters. The van der Waals surface area contributed by atoms with E-state index in [1.807, 2.05) is 25.1 Å². The summed E-state index contributed by atoms with van der Waals surface area (Å²) in [7, 11) is 1.39. The van der Waals surface area contributed by atoms with Crippen LogP contribution in [0.15, 0.2) is 42.6 Å². The number of methoxy groups -OCH3 is 1. The number of nitrogens with two attached hydrogens (primary N) is 1. The van der Waals surface area contributed by atoms with Crippen LogP contribution in [0.2, 0.25) is 0 Å². The van der Waals surface area contributed by atoms with Crippen molar-refractivity contribution >= 4 is 33.5 Å². The highest BCUT2D eigenvalue weighted by atomic mass is 19.1. The number of aryl methyl sites for hydroxylation is 1. The molecule has 150 valence electrons. The number of rotatable bonds is 4. The van der Waals surface area contributed by atoms with Crippen LogP contribution in [0.5, 0.6) is 5.75 Å². The number of H-pyrrole nitrogens is 2. The van der Waals surface area contributed by atoms with Gasteiger partial charge in [0.25, 0.3) is 0 Å². The average molecular weight is 404 g/mol. The molecule has 0 fully saturated rings. The highest BCUT2D eigenvalue weighted by molar-refractivity contribution is 6.12. The lowest BCUT2D eigenvalue weighted by Crippen LogP contribution is -2.07. The first-order chi connectivity index (χ1) is 14.4. The van der Waals surface area contributed by atoms with Crippen LogP contribution >= 0.6 is 0 Å². The molecule has 0 aliphatic rings. The van der Waals surface area contributed by atoms with E-state index in [9.17, 15) is 9.18 Å². The molecule has 4 N–H and O–H groups in total. The predicted molar refractivity (Wildman–Crippen MR) is 111 cm³/mol. The van der Waals surface area contributed by atoms with Gasteiger partial charge in [0.2, 0.25) is 5.78 Å². The molecule has 5 rings (SSSR count). The minimum absolute atomic E-state index is 0.109. The second-order valence-corrected chi connectivity index (χ2v) is 6.97. The van der Waals surface area contributed by atoms with Crippen LogP contribution < -0.4 is 10.5 Å². The van der Waals surface area contributed by atoms with Crippen molar-refractivity contribution in [2.24, 2.45) is 0 Å². The minimum Gasteiger partial charge on any atom is -0.494 e. The maximum Gasteiger partial charge on any atom is 0.214 e. The number of imidazole rings is 1. The normalized spacial score (nSPS) is 11.4. The van der Waals surface area contributed by atoms with Crippen LogP contribution in [-0.2, 0) is 0 Å². The molecular formula is C21H17FN6O2. The summed E-state index contributed by atoms with van der Waals surface area (Å²) in [6.45, 7) is 1.88. The third-order valence-corrected chi connectivity index (χ3v) is 5.02. The van der Waals surface area contributed by atoms with Gasteiger partial charge in [-0.15, -0.1) is 0 Å². The van der Waals surface area contributed by atoms with Crippen molar-refractivity contribution in [2.45, 2.75) is 6.92 Å². The van der Waals surface area contributed by atoms with Crippen LogP contribution in [0.4, 0.5) is 10.2 Å². The number of carbonyl (C=O) groups is 1. The highest BCUT2D eigenvalue weighted by Gasteiger charge is 2.20. The van der Waals surface area contributed by atoms with Gasteiger partial charge in [-0.3, -0.25) is 4.79 Å². The van der Waals surface area contributed by atoms with E-state index in [1.54, 1.807) is 6.07 Å². The molecule has 3 heterocycles. The van der Waals surface area contributed by atoms with Gasteiger partial charge >= 0.3 is 0 Å². The SMILES string of the molecule is COc1cc2cc(C(=O)c3cnn(-c4ccc5nc(C)[nH]c5c4)c3N)[nH]c2cc1F. The summed E-state index contributed by atoms with van der Waals surface area (Å²) in [6.07, 6.45) is 1.42. The average Bonchev–Trinajstić information content (AvgIpc) is 3.41. The Morgan fingerprint density at radius 2 is 2.00 bits per heavy atom. The fraction of sp³-hybridized carbons (Fsp3) is 0.0952. The van der Waals surface area contributed by atoms with Crippen molar-refractivity contribution in [3.63, 3.8) is 0 Å². The lowest BCUT2D eigenvalue weighted by Gasteiger charge is -2.05. The van der Waals surface area contributed by atoms with E-state index in [-0.39, 0.29) is 28.6 Å². The molecule has 0 spiro atoms. The molecule has 5 aromatic rings. The molecule has 0 bridgehead atoms. The van der Waals surface area contributed by atoms with Gasteiger partial charge in [0.15, 0.2) is 11.6 Å². The first-order valence-corrected chi connectivity index (χ1v) is 9.16. The molecular weight excluding hydrogens is 387 g/mol. The molecule has 9 heteroatoms. The van der Waals surface area contributed by atoms with Gasteiger partial charge in [0.05, 0.1) is 41.3 Å². The number of benzene rings is 2. The van der Waals surface area contributed by atoms with E-state index in [0.717, 1.165) is 16.9 Å². The quantitative estimate of drug-likeness (QED) is 0.397. The zero-order valence-electron chi connectivity index (χ0n) is 16.2. The molecule has 0 saturated carbocycles. The largest absolute Gasteiger partial charge is 0.494 e. The number of ketones is 1. The predicted octanol–water partition coefficient (Wildman–Crippen LogP) is 3.50. The molecule has 8 nitrogen and oxygen atoms in total. The van der Waals surface area contributed by atoms with E-state index < -0.39 is 5.82 Å². The molecule has 2 aromatic carbocycles. The number of ether oxygens (including phenoxy) is 1. The lowest BCUT2D eigenvalue weighted by atomic mass is 10.1. The maximum absolute atomic E-state index is 14.0. The molecule has 0 radical (unpaired) electrons. The first kappa shape index (κ1) is 17.9. The number of hydrogen-bond donors (Lipinski definition) is 3. The second-order valence-electron chi connectivity index (χ2n) is 6.97. The Balaban J connectivity index is 1.54. The molecule has 3 aromatic heterocycles. The topological polar surface area (TPSA) is 115 Å². The van der Waals surface area contributed by atoms with E-state index in [4.69, 9.17) is 10.5 Å². The smallest absolute Gasteiger partial charge is 0.214 e. The maximum atomic E-state index is 14.0. The second kappa shape index (κ2) is 6.45. The zero-order valence-corrected chi connectivity index (χ0v) is 16.2.